The van der Waals surface area contributed by atoms with Gasteiger partial charge in [0.2, 0.25) is 0 Å². The zero-order valence-electron chi connectivity index (χ0n) is 19.1. The molecule has 188 valence electrons. The van der Waals surface area contributed by atoms with Crippen molar-refractivity contribution >= 4 is 17.7 Å². The quantitative estimate of drug-likeness (QED) is 0.346. The van der Waals surface area contributed by atoms with Gasteiger partial charge in [-0.3, -0.25) is 14.4 Å². The number of ketones is 1. The van der Waals surface area contributed by atoms with E-state index in [1.165, 1.54) is 13.0 Å². The van der Waals surface area contributed by atoms with Gasteiger partial charge in [0.1, 0.15) is 36.6 Å². The maximum atomic E-state index is 12.9. The number of esters is 2. The van der Waals surface area contributed by atoms with Crippen molar-refractivity contribution in [3.63, 3.8) is 0 Å². The molecule has 4 aliphatic rings. The van der Waals surface area contributed by atoms with Gasteiger partial charge in [-0.05, 0) is 18.6 Å². The molecule has 0 spiro atoms. The van der Waals surface area contributed by atoms with Crippen molar-refractivity contribution in [3.05, 3.63) is 22.8 Å². The number of carbonyl (C=O) groups excluding carboxylic acids is 3. The SMILES string of the molecule is CC(=O)OC1CC(C)=C2C(=O)C=C(COC3OC(CO)C(O)C(O)C3O)C2C2OC(=O)C(C)C12. The van der Waals surface area contributed by atoms with Crippen molar-refractivity contribution in [2.24, 2.45) is 17.8 Å². The van der Waals surface area contributed by atoms with Crippen molar-refractivity contribution in [3.8, 4) is 0 Å². The molecule has 2 aliphatic carbocycles. The third-order valence-corrected chi connectivity index (χ3v) is 7.18. The highest BCUT2D eigenvalue weighted by atomic mass is 16.7. The molecule has 2 aliphatic heterocycles. The number of hydrogen-bond acceptors (Lipinski definition) is 11. The molecule has 10 atom stereocenters. The lowest BCUT2D eigenvalue weighted by atomic mass is 9.79. The van der Waals surface area contributed by atoms with Crippen LogP contribution in [0.3, 0.4) is 0 Å². The fourth-order valence-corrected chi connectivity index (χ4v) is 5.51. The van der Waals surface area contributed by atoms with E-state index in [1.54, 1.807) is 13.8 Å². The van der Waals surface area contributed by atoms with E-state index < -0.39 is 79.2 Å². The molecule has 0 aromatic heterocycles. The highest BCUT2D eigenvalue weighted by Crippen LogP contribution is 2.49. The van der Waals surface area contributed by atoms with Crippen molar-refractivity contribution in [2.75, 3.05) is 13.2 Å². The van der Waals surface area contributed by atoms with Crippen LogP contribution in [0, 0.1) is 17.8 Å². The average molecular weight is 482 g/mol. The number of hydrogen-bond donors (Lipinski definition) is 4. The molecule has 34 heavy (non-hydrogen) atoms. The van der Waals surface area contributed by atoms with E-state index in [4.69, 9.17) is 18.9 Å². The first-order valence-corrected chi connectivity index (χ1v) is 11.3. The van der Waals surface area contributed by atoms with Crippen LogP contribution in [0.2, 0.25) is 0 Å². The normalized spacial score (nSPS) is 42.0. The van der Waals surface area contributed by atoms with E-state index >= 15 is 0 Å². The molecule has 11 nitrogen and oxygen atoms in total. The summed E-state index contributed by atoms with van der Waals surface area (Å²) in [6.07, 6.45) is -6.93. The van der Waals surface area contributed by atoms with Gasteiger partial charge in [-0.25, -0.2) is 0 Å². The highest BCUT2D eigenvalue weighted by Gasteiger charge is 2.56. The number of aliphatic hydroxyl groups is 4. The maximum Gasteiger partial charge on any atom is 0.309 e. The molecule has 0 aromatic rings. The molecule has 0 aromatic carbocycles. The molecule has 4 rings (SSSR count). The molecule has 4 N–H and O–H groups in total. The summed E-state index contributed by atoms with van der Waals surface area (Å²) in [5.41, 5.74) is 1.66. The Balaban J connectivity index is 1.59. The Hall–Kier alpha value is -2.15. The molecule has 2 saturated heterocycles. The molecule has 0 saturated carbocycles. The summed E-state index contributed by atoms with van der Waals surface area (Å²) in [5.74, 6) is -2.86. The second-order valence-electron chi connectivity index (χ2n) is 9.38. The third-order valence-electron chi connectivity index (χ3n) is 7.18. The standard InChI is InChI=1S/C23H30O11/c1-8-4-13(32-10(3)25)16-9(2)22(30)34-21(16)17-11(5-12(26)15(8)17)7-31-23-20(29)19(28)18(27)14(6-24)33-23/h5,9,13-14,16-21,23-24,27-29H,4,6-7H2,1-3H3. The lowest BCUT2D eigenvalue weighted by Crippen LogP contribution is -2.59. The van der Waals surface area contributed by atoms with Crippen LogP contribution in [0.15, 0.2) is 22.8 Å². The summed E-state index contributed by atoms with van der Waals surface area (Å²) in [5, 5.41) is 39.6. The minimum atomic E-state index is -1.60. The van der Waals surface area contributed by atoms with Gasteiger partial charge in [0.15, 0.2) is 12.1 Å². The zero-order valence-corrected chi connectivity index (χ0v) is 19.1. The van der Waals surface area contributed by atoms with Gasteiger partial charge < -0.3 is 39.4 Å². The van der Waals surface area contributed by atoms with Crippen LogP contribution in [-0.2, 0) is 33.3 Å². The predicted molar refractivity (Wildman–Crippen MR) is 112 cm³/mol. The largest absolute Gasteiger partial charge is 0.462 e. The van der Waals surface area contributed by atoms with Crippen LogP contribution < -0.4 is 0 Å². The van der Waals surface area contributed by atoms with Crippen LogP contribution in [0.4, 0.5) is 0 Å². The first-order valence-electron chi connectivity index (χ1n) is 11.3. The van der Waals surface area contributed by atoms with Gasteiger partial charge >= 0.3 is 11.9 Å². The van der Waals surface area contributed by atoms with E-state index in [-0.39, 0.29) is 18.8 Å². The topological polar surface area (TPSA) is 169 Å². The molecule has 2 heterocycles. The number of carbonyl (C=O) groups is 3. The molecule has 0 bridgehead atoms. The van der Waals surface area contributed by atoms with Gasteiger partial charge in [0.05, 0.1) is 19.1 Å². The van der Waals surface area contributed by atoms with Gasteiger partial charge in [-0.15, -0.1) is 0 Å². The summed E-state index contributed by atoms with van der Waals surface area (Å²) in [4.78, 5) is 37.2. The minimum Gasteiger partial charge on any atom is -0.462 e. The van der Waals surface area contributed by atoms with E-state index in [2.05, 4.69) is 0 Å². The van der Waals surface area contributed by atoms with Crippen LogP contribution in [0.25, 0.3) is 0 Å². The van der Waals surface area contributed by atoms with Gasteiger partial charge in [-0.1, -0.05) is 12.5 Å². The van der Waals surface area contributed by atoms with Crippen LogP contribution >= 0.6 is 0 Å². The van der Waals surface area contributed by atoms with Crippen molar-refractivity contribution in [1.82, 2.24) is 0 Å². The molecule has 0 amide bonds. The first kappa shape index (κ1) is 25.0. The molecule has 11 heteroatoms. The molecular formula is C23H30O11. The van der Waals surface area contributed by atoms with Crippen LogP contribution in [-0.4, -0.2) is 94.3 Å². The van der Waals surface area contributed by atoms with E-state index in [9.17, 15) is 34.8 Å². The second kappa shape index (κ2) is 9.48. The minimum absolute atomic E-state index is 0.205. The average Bonchev–Trinajstić information content (AvgIpc) is 3.22. The lowest BCUT2D eigenvalue weighted by molar-refractivity contribution is -0.299. The number of rotatable bonds is 5. The van der Waals surface area contributed by atoms with Crippen molar-refractivity contribution in [2.45, 2.75) is 70.1 Å². The Morgan fingerprint density at radius 1 is 1.18 bits per heavy atom. The van der Waals surface area contributed by atoms with Crippen LogP contribution in [0.5, 0.6) is 0 Å². The Morgan fingerprint density at radius 2 is 1.88 bits per heavy atom. The monoisotopic (exact) mass is 482 g/mol. The predicted octanol–water partition coefficient (Wildman–Crippen LogP) is -1.24. The maximum absolute atomic E-state index is 12.9. The van der Waals surface area contributed by atoms with Crippen molar-refractivity contribution < 1.29 is 53.8 Å². The van der Waals surface area contributed by atoms with E-state index in [0.717, 1.165) is 5.57 Å². The summed E-state index contributed by atoms with van der Waals surface area (Å²) < 4.78 is 22.3. The Labute approximate surface area is 195 Å². The summed E-state index contributed by atoms with van der Waals surface area (Å²) in [7, 11) is 0. The number of aliphatic hydroxyl groups excluding tert-OH is 4. The smallest absolute Gasteiger partial charge is 0.309 e. The Kier molecular flexibility index (Phi) is 6.96. The fraction of sp³-hybridized carbons (Fsp3) is 0.696. The fourth-order valence-electron chi connectivity index (χ4n) is 5.51. The number of fused-ring (bicyclic) bond motifs is 3. The number of ether oxygens (including phenoxy) is 4. The number of allylic oxidation sites excluding steroid dienone is 1. The molecule has 2 fully saturated rings. The van der Waals surface area contributed by atoms with Gasteiger partial charge in [-0.2, -0.15) is 0 Å². The van der Waals surface area contributed by atoms with Gasteiger partial charge in [0, 0.05) is 30.8 Å². The Morgan fingerprint density at radius 3 is 2.53 bits per heavy atom. The molecule has 10 unspecified atom stereocenters. The zero-order chi connectivity index (χ0) is 24.9. The van der Waals surface area contributed by atoms with Crippen molar-refractivity contribution in [1.29, 1.82) is 0 Å². The summed E-state index contributed by atoms with van der Waals surface area (Å²) in [6.45, 7) is 3.96. The van der Waals surface area contributed by atoms with Crippen LogP contribution in [0.1, 0.15) is 27.2 Å². The second-order valence-corrected chi connectivity index (χ2v) is 9.38. The summed E-state index contributed by atoms with van der Waals surface area (Å²) >= 11 is 0. The van der Waals surface area contributed by atoms with Gasteiger partial charge in [0.25, 0.3) is 0 Å². The third kappa shape index (κ3) is 4.21. The van der Waals surface area contributed by atoms with E-state index in [0.29, 0.717) is 11.1 Å². The molecular weight excluding hydrogens is 452 g/mol. The molecule has 0 radical (unpaired) electrons. The lowest BCUT2D eigenvalue weighted by Gasteiger charge is -2.39. The highest BCUT2D eigenvalue weighted by molar-refractivity contribution is 6.09. The first-order chi connectivity index (χ1) is 16.0. The Bertz CT molecular complexity index is 922. The van der Waals surface area contributed by atoms with E-state index in [1.807, 2.05) is 0 Å². The summed E-state index contributed by atoms with van der Waals surface area (Å²) in [6, 6.07) is 0.